The summed E-state index contributed by atoms with van der Waals surface area (Å²) in [5.74, 6) is 0. The van der Waals surface area contributed by atoms with Crippen LogP contribution in [0.3, 0.4) is 0 Å². The molecule has 0 amide bonds. The molecule has 3 heteroatoms. The van der Waals surface area contributed by atoms with Crippen molar-refractivity contribution in [3.8, 4) is 0 Å². The maximum Gasteiger partial charge on any atom is 4.00 e. The van der Waals surface area contributed by atoms with Gasteiger partial charge in [-0.25, -0.2) is 0 Å². The normalized spacial score (nSPS) is 11.2. The van der Waals surface area contributed by atoms with Gasteiger partial charge in [-0.2, -0.15) is 12.1 Å². The third kappa shape index (κ3) is 10.5. The van der Waals surface area contributed by atoms with Gasteiger partial charge in [-0.3, -0.25) is 0 Å². The predicted octanol–water partition coefficient (Wildman–Crippen LogP) is 10.5. The molecule has 0 heterocycles. The van der Waals surface area contributed by atoms with E-state index >= 15 is 0 Å². The minimum absolute atomic E-state index is 0. The van der Waals surface area contributed by atoms with Crippen molar-refractivity contribution in [3.63, 3.8) is 0 Å². The molecule has 0 aromatic heterocycles. The molecule has 37 heavy (non-hydrogen) atoms. The van der Waals surface area contributed by atoms with Crippen molar-refractivity contribution in [1.29, 1.82) is 0 Å². The summed E-state index contributed by atoms with van der Waals surface area (Å²) in [5, 5.41) is 8.96. The van der Waals surface area contributed by atoms with Crippen LogP contribution in [-0.4, -0.2) is 24.6 Å². The summed E-state index contributed by atoms with van der Waals surface area (Å²) in [5.41, 5.74) is 0. The van der Waals surface area contributed by atoms with E-state index in [4.69, 9.17) is 0 Å². The van der Waals surface area contributed by atoms with E-state index in [0.29, 0.717) is 0 Å². The molecular weight excluding hydrogens is 649 g/mol. The maximum absolute atomic E-state index is 2.44. The summed E-state index contributed by atoms with van der Waals surface area (Å²) in [6, 6.07) is 27.3. The first-order valence-corrected chi connectivity index (χ1v) is 17.9. The summed E-state index contributed by atoms with van der Waals surface area (Å²) in [7, 11) is 0.171. The van der Waals surface area contributed by atoms with E-state index in [9.17, 15) is 0 Å². The van der Waals surface area contributed by atoms with Crippen molar-refractivity contribution in [2.24, 2.45) is 0 Å². The topological polar surface area (TPSA) is 0 Å². The number of hydrogen-bond donors (Lipinski definition) is 0. The second-order valence-corrected chi connectivity index (χ2v) is 15.1. The first-order valence-electron chi connectivity index (χ1n) is 14.5. The molecule has 0 unspecified atom stereocenters. The maximum atomic E-state index is 2.44. The molecule has 0 aliphatic rings. The van der Waals surface area contributed by atoms with Crippen LogP contribution in [0.2, 0.25) is 0 Å². The predicted molar refractivity (Wildman–Crippen MR) is 171 cm³/mol. The molecule has 4 rings (SSSR count). The zero-order chi connectivity index (χ0) is 25.6. The number of fused-ring (bicyclic) bond motifs is 2. The van der Waals surface area contributed by atoms with Crippen molar-refractivity contribution in [3.05, 3.63) is 72.8 Å². The van der Waals surface area contributed by atoms with Gasteiger partial charge in [0.15, 0.2) is 0 Å². The van der Waals surface area contributed by atoms with Crippen molar-refractivity contribution in [1.82, 2.24) is 0 Å². The Morgan fingerprint density at radius 2 is 0.838 bits per heavy atom. The summed E-state index contributed by atoms with van der Waals surface area (Å²) >= 11 is 0. The molecule has 0 nitrogen and oxygen atoms in total. The van der Waals surface area contributed by atoms with Gasteiger partial charge in [0.25, 0.3) is 0 Å². The Hall–Kier alpha value is -0.610. The van der Waals surface area contributed by atoms with E-state index < -0.39 is 0 Å². The van der Waals surface area contributed by atoms with E-state index in [1.807, 2.05) is 0 Å². The fraction of sp³-hybridized carbons (Fsp3) is 0.471. The molecule has 0 fully saturated rings. The van der Waals surface area contributed by atoms with Gasteiger partial charge >= 0.3 is 25.8 Å². The third-order valence-corrected chi connectivity index (χ3v) is 12.5. The molecule has 0 saturated carbocycles. The molecule has 4 aromatic rings. The molecule has 0 N–H and O–H groups in total. The molecule has 196 valence electrons. The molecule has 0 bridgehead atoms. The van der Waals surface area contributed by atoms with E-state index in [1.165, 1.54) is 97.6 Å². The number of unbranched alkanes of at least 4 members (excludes halogenated alkanes) is 4. The molecule has 0 radical (unpaired) electrons. The van der Waals surface area contributed by atoms with Crippen molar-refractivity contribution in [2.45, 2.75) is 79.1 Å². The summed E-state index contributed by atoms with van der Waals surface area (Å²) in [4.78, 5) is 0. The Bertz CT molecular complexity index is 953. The van der Waals surface area contributed by atoms with Crippen LogP contribution in [0.4, 0.5) is 0 Å². The fourth-order valence-corrected chi connectivity index (χ4v) is 10.3. The first-order chi connectivity index (χ1) is 17.7. The SMILES string of the molecule is CCCCP(CCCC)c1cc2ccccc2[cH-]1.CCCCP(CCCC)c1cc2ccccc2[cH-]1.[Hf+4]. The monoisotopic (exact) mass is 698 g/mol. The largest absolute Gasteiger partial charge is 4.00 e. The Labute approximate surface area is 249 Å². The number of rotatable bonds is 14. The van der Waals surface area contributed by atoms with E-state index in [1.54, 1.807) is 10.6 Å². The first kappa shape index (κ1) is 32.6. The Kier molecular flexibility index (Phi) is 16.4. The van der Waals surface area contributed by atoms with Crippen molar-refractivity contribution < 1.29 is 25.8 Å². The molecule has 0 aliphatic heterocycles. The van der Waals surface area contributed by atoms with Crippen LogP contribution in [0.5, 0.6) is 0 Å². The van der Waals surface area contributed by atoms with Gasteiger partial charge in [0.2, 0.25) is 0 Å². The van der Waals surface area contributed by atoms with Crippen LogP contribution < -0.4 is 10.6 Å². The van der Waals surface area contributed by atoms with Gasteiger partial charge in [-0.1, -0.05) is 81.4 Å². The second kappa shape index (κ2) is 18.6. The zero-order valence-corrected chi connectivity index (χ0v) is 29.2. The van der Waals surface area contributed by atoms with E-state index in [2.05, 4.69) is 100 Å². The second-order valence-electron chi connectivity index (χ2n) is 10.1. The summed E-state index contributed by atoms with van der Waals surface area (Å²) < 4.78 is 0. The Morgan fingerprint density at radius 1 is 0.514 bits per heavy atom. The molecule has 0 atom stereocenters. The third-order valence-electron chi connectivity index (χ3n) is 7.06. The zero-order valence-electron chi connectivity index (χ0n) is 23.8. The molecule has 0 spiro atoms. The Balaban J connectivity index is 0.000000253. The van der Waals surface area contributed by atoms with Crippen LogP contribution in [0.1, 0.15) is 79.1 Å². The van der Waals surface area contributed by atoms with Gasteiger partial charge in [0.1, 0.15) is 0 Å². The van der Waals surface area contributed by atoms with Crippen LogP contribution in [-0.2, 0) is 25.8 Å². The van der Waals surface area contributed by atoms with Gasteiger partial charge in [0, 0.05) is 0 Å². The van der Waals surface area contributed by atoms with Crippen LogP contribution >= 0.6 is 15.8 Å². The minimum Gasteiger partial charge on any atom is -0.161 e. The smallest absolute Gasteiger partial charge is 0.161 e. The number of benzene rings is 2. The van der Waals surface area contributed by atoms with Gasteiger partial charge in [-0.05, 0) is 50.3 Å². The minimum atomic E-state index is 0. The molecule has 0 aliphatic carbocycles. The number of hydrogen-bond acceptors (Lipinski definition) is 0. The molecule has 4 aromatic carbocycles. The average Bonchev–Trinajstić information content (AvgIpc) is 3.53. The van der Waals surface area contributed by atoms with Crippen LogP contribution in [0.25, 0.3) is 21.5 Å². The average molecular weight is 697 g/mol. The molecule has 0 saturated heterocycles. The van der Waals surface area contributed by atoms with Crippen molar-refractivity contribution >= 4 is 48.0 Å². The van der Waals surface area contributed by atoms with Crippen LogP contribution in [0.15, 0.2) is 72.8 Å². The van der Waals surface area contributed by atoms with E-state index in [-0.39, 0.29) is 41.7 Å². The van der Waals surface area contributed by atoms with Gasteiger partial charge < -0.3 is 0 Å². The quantitative estimate of drug-likeness (QED) is 0.0699. The summed E-state index contributed by atoms with van der Waals surface area (Å²) in [6.45, 7) is 9.20. The van der Waals surface area contributed by atoms with Crippen molar-refractivity contribution in [2.75, 3.05) is 24.6 Å². The van der Waals surface area contributed by atoms with Crippen LogP contribution in [0, 0.1) is 0 Å². The van der Waals surface area contributed by atoms with Gasteiger partial charge in [0.05, 0.1) is 0 Å². The fourth-order valence-electron chi connectivity index (χ4n) is 4.77. The van der Waals surface area contributed by atoms with E-state index in [0.717, 1.165) is 0 Å². The Morgan fingerprint density at radius 3 is 1.14 bits per heavy atom. The standard InChI is InChI=1S/2C17H24P.Hf/c2*1-3-5-11-18(12-6-4-2)17-13-15-9-7-8-10-16(15)14-17;/h2*7-10,13-14H,3-6,11-12H2,1-2H3;/q2*-1;+4. The van der Waals surface area contributed by atoms with Gasteiger partial charge in [-0.15, -0.1) is 80.7 Å². The molecular formula is C34H48HfP2+2. The summed E-state index contributed by atoms with van der Waals surface area (Å²) in [6.07, 6.45) is 16.5.